The van der Waals surface area contributed by atoms with Crippen LogP contribution in [0.4, 0.5) is 0 Å². The van der Waals surface area contributed by atoms with Crippen LogP contribution in [0.2, 0.25) is 18.1 Å². The van der Waals surface area contributed by atoms with Crippen LogP contribution in [0.25, 0.3) is 0 Å². The van der Waals surface area contributed by atoms with Crippen LogP contribution in [0.15, 0.2) is 0 Å². The van der Waals surface area contributed by atoms with E-state index in [0.29, 0.717) is 25.5 Å². The third-order valence-corrected chi connectivity index (χ3v) is 10.3. The molecule has 0 saturated carbocycles. The fraction of sp³-hybridized carbons (Fsp3) is 0.938. The number of hydrogen-bond donors (Lipinski definition) is 1. The highest BCUT2D eigenvalue weighted by Gasteiger charge is 2.44. The van der Waals surface area contributed by atoms with Gasteiger partial charge in [-0.25, -0.2) is 0 Å². The number of nitrogens with two attached hydrogens (primary N) is 1. The molecule has 1 rings (SSSR count). The third kappa shape index (κ3) is 4.30. The summed E-state index contributed by atoms with van der Waals surface area (Å²) in [5.41, 5.74) is 5.57. The molecule has 1 atom stereocenters. The van der Waals surface area contributed by atoms with Gasteiger partial charge in [-0.1, -0.05) is 27.7 Å². The Morgan fingerprint density at radius 2 is 2.05 bits per heavy atom. The summed E-state index contributed by atoms with van der Waals surface area (Å²) in [6, 6.07) is 0.249. The summed E-state index contributed by atoms with van der Waals surface area (Å²) in [7, 11) is -1.81. The van der Waals surface area contributed by atoms with Crippen molar-refractivity contribution in [2.45, 2.75) is 71.1 Å². The van der Waals surface area contributed by atoms with E-state index in [4.69, 9.17) is 10.2 Å². The Labute approximate surface area is 131 Å². The molecule has 1 unspecified atom stereocenters. The molecule has 21 heavy (non-hydrogen) atoms. The number of likely N-dealkylation sites (tertiary alicyclic amines) is 1. The highest BCUT2D eigenvalue weighted by atomic mass is 28.4. The zero-order valence-corrected chi connectivity index (χ0v) is 15.7. The first kappa shape index (κ1) is 18.7. The zero-order chi connectivity index (χ0) is 16.3. The van der Waals surface area contributed by atoms with Crippen molar-refractivity contribution in [3.63, 3.8) is 0 Å². The van der Waals surface area contributed by atoms with E-state index < -0.39 is 8.32 Å². The molecule has 1 aliphatic rings. The van der Waals surface area contributed by atoms with E-state index in [9.17, 15) is 4.79 Å². The van der Waals surface area contributed by atoms with Crippen molar-refractivity contribution >= 4 is 14.2 Å². The predicted molar refractivity (Wildman–Crippen MR) is 90.7 cm³/mol. The highest BCUT2D eigenvalue weighted by molar-refractivity contribution is 6.74. The molecule has 1 amide bonds. The standard InChI is InChI=1S/C16H34N2O2Si/c1-13(2)16(3,4)21(5,6)20-12-14-8-9-15(19)18(14)11-7-10-17/h13-14H,7-12,17H2,1-6H3. The Bertz CT molecular complexity index is 356. The molecule has 0 aliphatic carbocycles. The van der Waals surface area contributed by atoms with Gasteiger partial charge in [-0.15, -0.1) is 0 Å². The van der Waals surface area contributed by atoms with Crippen LogP contribution in [0, 0.1) is 5.92 Å². The Kier molecular flexibility index (Phi) is 6.44. The maximum absolute atomic E-state index is 12.0. The molecule has 0 bridgehead atoms. The third-order valence-electron chi connectivity index (χ3n) is 5.69. The average Bonchev–Trinajstić information content (AvgIpc) is 2.74. The van der Waals surface area contributed by atoms with Crippen molar-refractivity contribution in [1.29, 1.82) is 0 Å². The van der Waals surface area contributed by atoms with Gasteiger partial charge < -0.3 is 15.1 Å². The average molecular weight is 315 g/mol. The van der Waals surface area contributed by atoms with Crippen molar-refractivity contribution in [3.8, 4) is 0 Å². The maximum atomic E-state index is 12.0. The molecule has 0 spiro atoms. The van der Waals surface area contributed by atoms with E-state index >= 15 is 0 Å². The second kappa shape index (κ2) is 7.25. The van der Waals surface area contributed by atoms with E-state index in [1.165, 1.54) is 0 Å². The summed E-state index contributed by atoms with van der Waals surface area (Å²) in [6.07, 6.45) is 2.46. The summed E-state index contributed by atoms with van der Waals surface area (Å²) in [4.78, 5) is 13.9. The van der Waals surface area contributed by atoms with Crippen LogP contribution < -0.4 is 5.73 Å². The van der Waals surface area contributed by atoms with Gasteiger partial charge in [0.1, 0.15) is 0 Å². The summed E-state index contributed by atoms with van der Waals surface area (Å²) in [5, 5.41) is 0.220. The number of rotatable bonds is 8. The molecule has 0 aromatic rings. The predicted octanol–water partition coefficient (Wildman–Crippen LogP) is 2.98. The van der Waals surface area contributed by atoms with E-state index in [0.717, 1.165) is 19.4 Å². The Morgan fingerprint density at radius 3 is 2.57 bits per heavy atom. The molecule has 1 aliphatic heterocycles. The lowest BCUT2D eigenvalue weighted by Gasteiger charge is -2.43. The first-order valence-electron chi connectivity index (χ1n) is 8.27. The fourth-order valence-corrected chi connectivity index (χ4v) is 5.09. The number of nitrogens with zero attached hydrogens (tertiary/aromatic N) is 1. The fourth-order valence-electron chi connectivity index (χ4n) is 2.72. The quantitative estimate of drug-likeness (QED) is 0.701. The smallest absolute Gasteiger partial charge is 0.222 e. The van der Waals surface area contributed by atoms with Crippen molar-refractivity contribution in [3.05, 3.63) is 0 Å². The molecule has 0 aromatic heterocycles. The van der Waals surface area contributed by atoms with E-state index in [1.807, 2.05) is 4.90 Å². The second-order valence-electron chi connectivity index (χ2n) is 7.62. The van der Waals surface area contributed by atoms with Crippen LogP contribution in [0.5, 0.6) is 0 Å². The second-order valence-corrected chi connectivity index (χ2v) is 12.2. The summed E-state index contributed by atoms with van der Waals surface area (Å²) < 4.78 is 6.41. The summed E-state index contributed by atoms with van der Waals surface area (Å²) in [6.45, 7) is 15.9. The van der Waals surface area contributed by atoms with Gasteiger partial charge in [0, 0.05) is 13.0 Å². The zero-order valence-electron chi connectivity index (χ0n) is 14.7. The van der Waals surface area contributed by atoms with Crippen LogP contribution in [0.3, 0.4) is 0 Å². The minimum absolute atomic E-state index is 0.220. The molecule has 2 N–H and O–H groups in total. The number of amides is 1. The van der Waals surface area contributed by atoms with Crippen LogP contribution >= 0.6 is 0 Å². The summed E-state index contributed by atoms with van der Waals surface area (Å²) >= 11 is 0. The van der Waals surface area contributed by atoms with Gasteiger partial charge in [0.25, 0.3) is 0 Å². The van der Waals surface area contributed by atoms with E-state index in [1.54, 1.807) is 0 Å². The normalized spacial score (nSPS) is 20.7. The van der Waals surface area contributed by atoms with Crippen LogP contribution in [-0.2, 0) is 9.22 Å². The topological polar surface area (TPSA) is 55.6 Å². The Hall–Kier alpha value is -0.393. The Morgan fingerprint density at radius 1 is 1.43 bits per heavy atom. The van der Waals surface area contributed by atoms with Crippen LogP contribution in [-0.4, -0.2) is 44.9 Å². The first-order chi connectivity index (χ1) is 9.63. The molecule has 1 heterocycles. The molecular formula is C16H34N2O2Si. The Balaban J connectivity index is 2.62. The summed E-state index contributed by atoms with van der Waals surface area (Å²) in [5.74, 6) is 0.859. The lowest BCUT2D eigenvalue weighted by atomic mass is 9.99. The SMILES string of the molecule is CC(C)C(C)(C)[Si](C)(C)OCC1CCC(=O)N1CCCN. The molecule has 0 radical (unpaired) electrons. The molecule has 5 heteroatoms. The lowest BCUT2D eigenvalue weighted by molar-refractivity contribution is -0.129. The van der Waals surface area contributed by atoms with Crippen LogP contribution in [0.1, 0.15) is 47.0 Å². The maximum Gasteiger partial charge on any atom is 0.222 e. The molecule has 1 fully saturated rings. The van der Waals surface area contributed by atoms with Gasteiger partial charge in [-0.05, 0) is 43.4 Å². The molecule has 1 saturated heterocycles. The first-order valence-corrected chi connectivity index (χ1v) is 11.2. The van der Waals surface area contributed by atoms with Crippen molar-refractivity contribution in [1.82, 2.24) is 4.90 Å². The van der Waals surface area contributed by atoms with Crippen molar-refractivity contribution < 1.29 is 9.22 Å². The van der Waals surface area contributed by atoms with Gasteiger partial charge in [0.2, 0.25) is 5.91 Å². The van der Waals surface area contributed by atoms with Crippen molar-refractivity contribution in [2.24, 2.45) is 11.7 Å². The van der Waals surface area contributed by atoms with Gasteiger partial charge in [0.05, 0.1) is 12.6 Å². The molecule has 0 aromatic carbocycles. The van der Waals surface area contributed by atoms with Gasteiger partial charge >= 0.3 is 0 Å². The molecular weight excluding hydrogens is 280 g/mol. The van der Waals surface area contributed by atoms with Gasteiger partial charge in [-0.3, -0.25) is 4.79 Å². The van der Waals surface area contributed by atoms with Gasteiger partial charge in [0.15, 0.2) is 8.32 Å². The number of hydrogen-bond acceptors (Lipinski definition) is 3. The van der Waals surface area contributed by atoms with E-state index in [2.05, 4.69) is 40.8 Å². The number of carbonyl (C=O) groups excluding carboxylic acids is 1. The highest BCUT2D eigenvalue weighted by Crippen LogP contribution is 2.44. The number of carbonyl (C=O) groups is 1. The lowest BCUT2D eigenvalue weighted by Crippen LogP contribution is -2.48. The monoisotopic (exact) mass is 314 g/mol. The van der Waals surface area contributed by atoms with E-state index in [-0.39, 0.29) is 17.0 Å². The van der Waals surface area contributed by atoms with Gasteiger partial charge in [-0.2, -0.15) is 0 Å². The minimum Gasteiger partial charge on any atom is -0.415 e. The molecule has 4 nitrogen and oxygen atoms in total. The van der Waals surface area contributed by atoms with Crippen molar-refractivity contribution in [2.75, 3.05) is 19.7 Å². The largest absolute Gasteiger partial charge is 0.415 e. The minimum atomic E-state index is -1.81. The molecule has 124 valence electrons.